The number of hydrogen-bond acceptors (Lipinski definition) is 2. The third-order valence-corrected chi connectivity index (χ3v) is 3.26. The summed E-state index contributed by atoms with van der Waals surface area (Å²) in [4.78, 5) is 4.31. The van der Waals surface area contributed by atoms with E-state index in [-0.39, 0.29) is 0 Å². The van der Waals surface area contributed by atoms with Gasteiger partial charge in [0, 0.05) is 18.4 Å². The smallest absolute Gasteiger partial charge is 0.0361 e. The van der Waals surface area contributed by atoms with Gasteiger partial charge in [-0.3, -0.25) is 4.98 Å². The van der Waals surface area contributed by atoms with Crippen molar-refractivity contribution in [2.24, 2.45) is 5.92 Å². The third kappa shape index (κ3) is 4.47. The number of aryl methyl sites for hydroxylation is 1. The maximum absolute atomic E-state index is 4.31. The Hall–Kier alpha value is -0.890. The van der Waals surface area contributed by atoms with E-state index in [0.717, 1.165) is 6.54 Å². The zero-order valence-corrected chi connectivity index (χ0v) is 11.7. The molecule has 0 aliphatic heterocycles. The van der Waals surface area contributed by atoms with Gasteiger partial charge in [0.1, 0.15) is 0 Å². The Balaban J connectivity index is 2.77. The van der Waals surface area contributed by atoms with Crippen LogP contribution in [-0.4, -0.2) is 11.5 Å². The SMILES string of the molecule is CCCCC(C)C(NCC)c1cncc(C)c1. The molecule has 0 amide bonds. The quantitative estimate of drug-likeness (QED) is 0.774. The lowest BCUT2D eigenvalue weighted by molar-refractivity contribution is 0.362. The topological polar surface area (TPSA) is 24.9 Å². The van der Waals surface area contributed by atoms with Crippen LogP contribution in [-0.2, 0) is 0 Å². The van der Waals surface area contributed by atoms with Crippen molar-refractivity contribution in [3.63, 3.8) is 0 Å². The molecule has 2 nitrogen and oxygen atoms in total. The molecule has 96 valence electrons. The molecule has 2 atom stereocenters. The second kappa shape index (κ2) is 7.44. The summed E-state index contributed by atoms with van der Waals surface area (Å²) in [5, 5.41) is 3.59. The molecule has 0 fully saturated rings. The fourth-order valence-corrected chi connectivity index (χ4v) is 2.31. The van der Waals surface area contributed by atoms with Gasteiger partial charge in [-0.15, -0.1) is 0 Å². The van der Waals surface area contributed by atoms with Crippen molar-refractivity contribution in [3.05, 3.63) is 29.6 Å². The molecule has 17 heavy (non-hydrogen) atoms. The molecule has 0 radical (unpaired) electrons. The highest BCUT2D eigenvalue weighted by atomic mass is 14.9. The number of nitrogens with one attached hydrogen (secondary N) is 1. The molecule has 1 aromatic rings. The summed E-state index contributed by atoms with van der Waals surface area (Å²) in [6.07, 6.45) is 7.78. The maximum atomic E-state index is 4.31. The van der Waals surface area contributed by atoms with Gasteiger partial charge in [0.2, 0.25) is 0 Å². The fraction of sp³-hybridized carbons (Fsp3) is 0.667. The molecule has 0 aromatic carbocycles. The van der Waals surface area contributed by atoms with E-state index in [9.17, 15) is 0 Å². The Morgan fingerprint density at radius 1 is 1.29 bits per heavy atom. The van der Waals surface area contributed by atoms with E-state index in [1.54, 1.807) is 0 Å². The fourth-order valence-electron chi connectivity index (χ4n) is 2.31. The number of unbranched alkanes of at least 4 members (excludes halogenated alkanes) is 1. The first-order valence-corrected chi connectivity index (χ1v) is 6.84. The summed E-state index contributed by atoms with van der Waals surface area (Å²) in [5.41, 5.74) is 2.57. The van der Waals surface area contributed by atoms with Gasteiger partial charge in [-0.05, 0) is 36.9 Å². The Morgan fingerprint density at radius 2 is 2.06 bits per heavy atom. The molecule has 0 saturated carbocycles. The maximum Gasteiger partial charge on any atom is 0.0361 e. The van der Waals surface area contributed by atoms with Gasteiger partial charge in [-0.25, -0.2) is 0 Å². The van der Waals surface area contributed by atoms with E-state index in [4.69, 9.17) is 0 Å². The van der Waals surface area contributed by atoms with E-state index < -0.39 is 0 Å². The molecule has 2 heteroatoms. The highest BCUT2D eigenvalue weighted by Crippen LogP contribution is 2.25. The van der Waals surface area contributed by atoms with Gasteiger partial charge < -0.3 is 5.32 Å². The molecule has 0 aliphatic carbocycles. The number of nitrogens with zero attached hydrogens (tertiary/aromatic N) is 1. The summed E-state index contributed by atoms with van der Waals surface area (Å²) >= 11 is 0. The van der Waals surface area contributed by atoms with Crippen LogP contribution in [0.2, 0.25) is 0 Å². The van der Waals surface area contributed by atoms with E-state index in [1.165, 1.54) is 30.4 Å². The molecule has 0 spiro atoms. The zero-order chi connectivity index (χ0) is 12.7. The predicted octanol–water partition coefficient (Wildman–Crippen LogP) is 3.87. The Morgan fingerprint density at radius 3 is 2.65 bits per heavy atom. The van der Waals surface area contributed by atoms with Crippen molar-refractivity contribution in [2.45, 2.75) is 53.0 Å². The molecule has 1 N–H and O–H groups in total. The minimum Gasteiger partial charge on any atom is -0.310 e. The molecule has 1 rings (SSSR count). The molecule has 0 bridgehead atoms. The average Bonchev–Trinajstić information content (AvgIpc) is 2.33. The minimum absolute atomic E-state index is 0.443. The molecular formula is C15H26N2. The standard InChI is InChI=1S/C15H26N2/c1-5-7-8-13(4)15(17-6-2)14-9-12(3)10-16-11-14/h9-11,13,15,17H,5-8H2,1-4H3. The summed E-state index contributed by atoms with van der Waals surface area (Å²) in [6, 6.07) is 2.70. The van der Waals surface area contributed by atoms with Gasteiger partial charge >= 0.3 is 0 Å². The first-order valence-electron chi connectivity index (χ1n) is 6.84. The monoisotopic (exact) mass is 234 g/mol. The van der Waals surface area contributed by atoms with Crippen molar-refractivity contribution in [3.8, 4) is 0 Å². The summed E-state index contributed by atoms with van der Waals surface area (Å²) < 4.78 is 0. The number of hydrogen-bond donors (Lipinski definition) is 1. The zero-order valence-electron chi connectivity index (χ0n) is 11.7. The van der Waals surface area contributed by atoms with Gasteiger partial charge in [-0.2, -0.15) is 0 Å². The van der Waals surface area contributed by atoms with Gasteiger partial charge in [-0.1, -0.05) is 39.7 Å². The normalized spacial score (nSPS) is 14.6. The van der Waals surface area contributed by atoms with E-state index >= 15 is 0 Å². The van der Waals surface area contributed by atoms with Crippen molar-refractivity contribution < 1.29 is 0 Å². The summed E-state index contributed by atoms with van der Waals surface area (Å²) in [7, 11) is 0. The third-order valence-electron chi connectivity index (χ3n) is 3.26. The van der Waals surface area contributed by atoms with Gasteiger partial charge in [0.05, 0.1) is 0 Å². The first kappa shape index (κ1) is 14.2. The highest BCUT2D eigenvalue weighted by molar-refractivity contribution is 5.20. The van der Waals surface area contributed by atoms with Crippen LogP contribution < -0.4 is 5.32 Å². The minimum atomic E-state index is 0.443. The second-order valence-corrected chi connectivity index (χ2v) is 4.95. The van der Waals surface area contributed by atoms with Crippen LogP contribution in [0.4, 0.5) is 0 Å². The van der Waals surface area contributed by atoms with E-state index in [1.807, 2.05) is 12.4 Å². The van der Waals surface area contributed by atoms with E-state index in [2.05, 4.69) is 44.1 Å². The highest BCUT2D eigenvalue weighted by Gasteiger charge is 2.18. The van der Waals surface area contributed by atoms with Crippen LogP contribution in [0, 0.1) is 12.8 Å². The Bertz CT molecular complexity index is 322. The van der Waals surface area contributed by atoms with Crippen LogP contribution in [0.15, 0.2) is 18.5 Å². The van der Waals surface area contributed by atoms with Gasteiger partial charge in [0.15, 0.2) is 0 Å². The molecule has 0 saturated heterocycles. The van der Waals surface area contributed by atoms with Crippen LogP contribution in [0.1, 0.15) is 57.2 Å². The van der Waals surface area contributed by atoms with Crippen molar-refractivity contribution in [1.29, 1.82) is 0 Å². The lowest BCUT2D eigenvalue weighted by atomic mass is 9.90. The van der Waals surface area contributed by atoms with Gasteiger partial charge in [0.25, 0.3) is 0 Å². The lowest BCUT2D eigenvalue weighted by Crippen LogP contribution is -2.27. The van der Waals surface area contributed by atoms with Crippen LogP contribution in [0.3, 0.4) is 0 Å². The molecule has 1 heterocycles. The lowest BCUT2D eigenvalue weighted by Gasteiger charge is -2.25. The second-order valence-electron chi connectivity index (χ2n) is 4.95. The molecule has 2 unspecified atom stereocenters. The Kier molecular flexibility index (Phi) is 6.20. The largest absolute Gasteiger partial charge is 0.310 e. The first-order chi connectivity index (χ1) is 8.19. The predicted molar refractivity (Wildman–Crippen MR) is 74.1 cm³/mol. The summed E-state index contributed by atoms with van der Waals surface area (Å²) in [6.45, 7) is 9.88. The summed E-state index contributed by atoms with van der Waals surface area (Å²) in [5.74, 6) is 0.665. The molecular weight excluding hydrogens is 208 g/mol. The molecule has 0 aliphatic rings. The number of rotatable bonds is 7. The number of pyridine rings is 1. The van der Waals surface area contributed by atoms with Crippen molar-refractivity contribution >= 4 is 0 Å². The molecule has 1 aromatic heterocycles. The average molecular weight is 234 g/mol. The van der Waals surface area contributed by atoms with Crippen LogP contribution in [0.25, 0.3) is 0 Å². The number of aromatic nitrogens is 1. The van der Waals surface area contributed by atoms with E-state index in [0.29, 0.717) is 12.0 Å². The van der Waals surface area contributed by atoms with Crippen LogP contribution in [0.5, 0.6) is 0 Å². The van der Waals surface area contributed by atoms with Crippen molar-refractivity contribution in [1.82, 2.24) is 10.3 Å². The van der Waals surface area contributed by atoms with Crippen LogP contribution >= 0.6 is 0 Å². The van der Waals surface area contributed by atoms with Crippen molar-refractivity contribution in [2.75, 3.05) is 6.54 Å². The Labute approximate surface area is 106 Å².